The highest BCUT2D eigenvalue weighted by Crippen LogP contribution is 2.29. The summed E-state index contributed by atoms with van der Waals surface area (Å²) in [4.78, 5) is 30.4. The first kappa shape index (κ1) is 18.1. The van der Waals surface area contributed by atoms with Gasteiger partial charge in [0, 0.05) is 30.1 Å². The van der Waals surface area contributed by atoms with E-state index < -0.39 is 5.91 Å². The average Bonchev–Trinajstić information content (AvgIpc) is 3.06. The Morgan fingerprint density at radius 1 is 1.27 bits per heavy atom. The van der Waals surface area contributed by atoms with Crippen LogP contribution in [0.5, 0.6) is 0 Å². The van der Waals surface area contributed by atoms with E-state index in [0.29, 0.717) is 11.3 Å². The van der Waals surface area contributed by atoms with E-state index in [4.69, 9.17) is 5.73 Å². The number of hydrogen-bond donors (Lipinski definition) is 2. The maximum absolute atomic E-state index is 12.4. The van der Waals surface area contributed by atoms with Crippen molar-refractivity contribution in [3.63, 3.8) is 0 Å². The van der Waals surface area contributed by atoms with Gasteiger partial charge in [-0.3, -0.25) is 9.59 Å². The van der Waals surface area contributed by atoms with Crippen LogP contribution in [0.2, 0.25) is 0 Å². The summed E-state index contributed by atoms with van der Waals surface area (Å²) >= 11 is 1.53. The standard InChI is InChI=1S/C19H22N4O2S/c1-13-21-15(12-26-13)6-8-18(24)22-16-11-14(19(20)25)5-7-17(16)23-9-3-2-4-10-23/h5-8,11-12H,2-4,9-10H2,1H3,(H2,20,25)(H,22,24)/b8-6+. The van der Waals surface area contributed by atoms with E-state index in [1.807, 2.05) is 18.4 Å². The molecule has 2 heterocycles. The number of thiazole rings is 1. The highest BCUT2D eigenvalue weighted by Gasteiger charge is 2.17. The monoisotopic (exact) mass is 370 g/mol. The number of rotatable bonds is 5. The molecule has 0 atom stereocenters. The van der Waals surface area contributed by atoms with Gasteiger partial charge in [-0.05, 0) is 50.5 Å². The van der Waals surface area contributed by atoms with Crippen LogP contribution >= 0.6 is 11.3 Å². The number of carbonyl (C=O) groups excluding carboxylic acids is 2. The quantitative estimate of drug-likeness (QED) is 0.791. The predicted octanol–water partition coefficient (Wildman–Crippen LogP) is 3.19. The van der Waals surface area contributed by atoms with Gasteiger partial charge in [0.25, 0.3) is 0 Å². The van der Waals surface area contributed by atoms with Crippen molar-refractivity contribution in [3.8, 4) is 0 Å². The molecule has 0 unspecified atom stereocenters. The van der Waals surface area contributed by atoms with E-state index in [2.05, 4.69) is 15.2 Å². The Labute approximate surface area is 156 Å². The number of primary amides is 1. The van der Waals surface area contributed by atoms with Gasteiger partial charge in [0.05, 0.1) is 22.1 Å². The fourth-order valence-electron chi connectivity index (χ4n) is 2.99. The maximum Gasteiger partial charge on any atom is 0.248 e. The van der Waals surface area contributed by atoms with Crippen LogP contribution in [-0.4, -0.2) is 29.9 Å². The lowest BCUT2D eigenvalue weighted by molar-refractivity contribution is -0.111. The largest absolute Gasteiger partial charge is 0.370 e. The lowest BCUT2D eigenvalue weighted by Gasteiger charge is -2.30. The van der Waals surface area contributed by atoms with Crippen LogP contribution in [0, 0.1) is 6.92 Å². The van der Waals surface area contributed by atoms with Crippen LogP contribution in [0.15, 0.2) is 29.7 Å². The van der Waals surface area contributed by atoms with Crippen LogP contribution in [0.1, 0.15) is 40.3 Å². The van der Waals surface area contributed by atoms with Crippen molar-refractivity contribution in [2.45, 2.75) is 26.2 Å². The van der Waals surface area contributed by atoms with Gasteiger partial charge >= 0.3 is 0 Å². The molecular weight excluding hydrogens is 348 g/mol. The molecule has 1 fully saturated rings. The molecule has 0 aliphatic carbocycles. The molecule has 2 amide bonds. The Morgan fingerprint density at radius 2 is 2.04 bits per heavy atom. The van der Waals surface area contributed by atoms with Gasteiger partial charge in [-0.15, -0.1) is 11.3 Å². The SMILES string of the molecule is Cc1nc(/C=C/C(=O)Nc2cc(C(N)=O)ccc2N2CCCCC2)cs1. The third kappa shape index (κ3) is 4.49. The number of nitrogens with zero attached hydrogens (tertiary/aromatic N) is 2. The molecule has 7 heteroatoms. The van der Waals surface area contributed by atoms with E-state index in [9.17, 15) is 9.59 Å². The number of piperidine rings is 1. The molecule has 136 valence electrons. The van der Waals surface area contributed by atoms with Crippen molar-refractivity contribution in [1.29, 1.82) is 0 Å². The van der Waals surface area contributed by atoms with Gasteiger partial charge < -0.3 is 16.0 Å². The molecule has 6 nitrogen and oxygen atoms in total. The van der Waals surface area contributed by atoms with E-state index in [1.165, 1.54) is 23.8 Å². The zero-order valence-electron chi connectivity index (χ0n) is 14.7. The summed E-state index contributed by atoms with van der Waals surface area (Å²) in [5.74, 6) is -0.783. The zero-order chi connectivity index (χ0) is 18.5. The highest BCUT2D eigenvalue weighted by molar-refractivity contribution is 7.09. The highest BCUT2D eigenvalue weighted by atomic mass is 32.1. The molecule has 0 radical (unpaired) electrons. The molecule has 0 spiro atoms. The lowest BCUT2D eigenvalue weighted by Crippen LogP contribution is -2.30. The number of benzene rings is 1. The second-order valence-electron chi connectivity index (χ2n) is 6.26. The summed E-state index contributed by atoms with van der Waals surface area (Å²) < 4.78 is 0. The maximum atomic E-state index is 12.4. The van der Waals surface area contributed by atoms with Crippen LogP contribution < -0.4 is 16.0 Å². The van der Waals surface area contributed by atoms with Gasteiger partial charge in [-0.25, -0.2) is 4.98 Å². The second kappa shape index (κ2) is 8.14. The van der Waals surface area contributed by atoms with E-state index in [1.54, 1.807) is 18.2 Å². The molecule has 1 aliphatic rings. The molecule has 1 aromatic carbocycles. The van der Waals surface area contributed by atoms with Crippen LogP contribution in [0.3, 0.4) is 0 Å². The first-order valence-corrected chi connectivity index (χ1v) is 9.51. The third-order valence-electron chi connectivity index (χ3n) is 4.28. The van der Waals surface area contributed by atoms with E-state index in [0.717, 1.165) is 42.3 Å². The van der Waals surface area contributed by atoms with Gasteiger partial charge in [0.2, 0.25) is 11.8 Å². The molecule has 2 aromatic rings. The minimum atomic E-state index is -0.515. The molecule has 3 N–H and O–H groups in total. The minimum absolute atomic E-state index is 0.268. The average molecular weight is 370 g/mol. The number of anilines is 2. The van der Waals surface area contributed by atoms with Gasteiger partial charge in [-0.2, -0.15) is 0 Å². The first-order chi connectivity index (χ1) is 12.5. The molecule has 3 rings (SSSR count). The molecule has 0 saturated carbocycles. The van der Waals surface area contributed by atoms with E-state index in [-0.39, 0.29) is 5.91 Å². The van der Waals surface area contributed by atoms with Crippen molar-refractivity contribution in [2.24, 2.45) is 5.73 Å². The third-order valence-corrected chi connectivity index (χ3v) is 5.07. The lowest BCUT2D eigenvalue weighted by atomic mass is 10.1. The Kier molecular flexibility index (Phi) is 5.68. The number of hydrogen-bond acceptors (Lipinski definition) is 5. The number of amides is 2. The summed E-state index contributed by atoms with van der Waals surface area (Å²) in [7, 11) is 0. The number of nitrogens with one attached hydrogen (secondary N) is 1. The van der Waals surface area contributed by atoms with Gasteiger partial charge in [0.1, 0.15) is 0 Å². The predicted molar refractivity (Wildman–Crippen MR) is 106 cm³/mol. The van der Waals surface area contributed by atoms with Crippen LogP contribution in [0.25, 0.3) is 6.08 Å². The zero-order valence-corrected chi connectivity index (χ0v) is 15.5. The number of aryl methyl sites for hydroxylation is 1. The van der Waals surface area contributed by atoms with Crippen molar-refractivity contribution >= 4 is 40.6 Å². The molecule has 1 saturated heterocycles. The molecule has 0 bridgehead atoms. The molecule has 26 heavy (non-hydrogen) atoms. The summed E-state index contributed by atoms with van der Waals surface area (Å²) in [6.07, 6.45) is 6.58. The Bertz CT molecular complexity index is 838. The van der Waals surface area contributed by atoms with Crippen LogP contribution in [-0.2, 0) is 4.79 Å². The Balaban J connectivity index is 1.81. The smallest absolute Gasteiger partial charge is 0.248 e. The summed E-state index contributed by atoms with van der Waals surface area (Å²) in [6, 6.07) is 5.20. The molecule has 1 aliphatic heterocycles. The van der Waals surface area contributed by atoms with Gasteiger partial charge in [0.15, 0.2) is 0 Å². The molecule has 1 aromatic heterocycles. The van der Waals surface area contributed by atoms with Crippen molar-refractivity contribution in [3.05, 3.63) is 45.9 Å². The molecular formula is C19H22N4O2S. The fourth-order valence-corrected chi connectivity index (χ4v) is 3.57. The Morgan fingerprint density at radius 3 is 2.69 bits per heavy atom. The topological polar surface area (TPSA) is 88.3 Å². The number of carbonyl (C=O) groups is 2. The fraction of sp³-hybridized carbons (Fsp3) is 0.316. The van der Waals surface area contributed by atoms with Crippen molar-refractivity contribution in [2.75, 3.05) is 23.3 Å². The van der Waals surface area contributed by atoms with Crippen molar-refractivity contribution < 1.29 is 9.59 Å². The minimum Gasteiger partial charge on any atom is -0.370 e. The summed E-state index contributed by atoms with van der Waals surface area (Å²) in [6.45, 7) is 3.79. The number of aromatic nitrogens is 1. The van der Waals surface area contributed by atoms with Gasteiger partial charge in [-0.1, -0.05) is 0 Å². The van der Waals surface area contributed by atoms with Crippen LogP contribution in [0.4, 0.5) is 11.4 Å². The Hall–Kier alpha value is -2.67. The number of nitrogens with two attached hydrogens (primary N) is 1. The summed E-state index contributed by atoms with van der Waals surface area (Å²) in [5, 5.41) is 5.73. The second-order valence-corrected chi connectivity index (χ2v) is 7.32. The first-order valence-electron chi connectivity index (χ1n) is 8.63. The van der Waals surface area contributed by atoms with E-state index >= 15 is 0 Å². The summed E-state index contributed by atoms with van der Waals surface area (Å²) in [5.41, 5.74) is 8.04. The van der Waals surface area contributed by atoms with Crippen molar-refractivity contribution in [1.82, 2.24) is 4.98 Å². The normalized spacial score (nSPS) is 14.6.